The lowest BCUT2D eigenvalue weighted by Gasteiger charge is -2.02. The van der Waals surface area contributed by atoms with Crippen LogP contribution in [0.25, 0.3) is 16.8 Å². The van der Waals surface area contributed by atoms with E-state index in [2.05, 4.69) is 5.10 Å². The van der Waals surface area contributed by atoms with E-state index in [1.807, 2.05) is 36.4 Å². The van der Waals surface area contributed by atoms with E-state index in [0.29, 0.717) is 18.6 Å². The number of aromatic nitrogens is 3. The summed E-state index contributed by atoms with van der Waals surface area (Å²) in [4.78, 5) is 12.2. The molecule has 2 N–H and O–H groups in total. The Kier molecular flexibility index (Phi) is 2.89. The average Bonchev–Trinajstić information content (AvgIpc) is 2.88. The monoisotopic (exact) mass is 254 g/mol. The summed E-state index contributed by atoms with van der Waals surface area (Å²) in [6, 6.07) is 11.6. The van der Waals surface area contributed by atoms with Crippen molar-refractivity contribution in [2.45, 2.75) is 6.54 Å². The lowest BCUT2D eigenvalue weighted by Crippen LogP contribution is -2.24. The lowest BCUT2D eigenvalue weighted by molar-refractivity contribution is 0.673. The van der Waals surface area contributed by atoms with Gasteiger partial charge in [0.25, 0.3) is 5.56 Å². The van der Waals surface area contributed by atoms with Gasteiger partial charge < -0.3 is 10.3 Å². The number of hydrogen-bond donors (Lipinski definition) is 1. The van der Waals surface area contributed by atoms with E-state index >= 15 is 0 Å². The SMILES string of the molecule is NCCn1ccn2nc(-c3ccccc3)cc2c1=O. The molecular weight excluding hydrogens is 240 g/mol. The van der Waals surface area contributed by atoms with E-state index in [-0.39, 0.29) is 5.56 Å². The summed E-state index contributed by atoms with van der Waals surface area (Å²) in [6.07, 6.45) is 3.49. The summed E-state index contributed by atoms with van der Waals surface area (Å²) in [6.45, 7) is 0.955. The van der Waals surface area contributed by atoms with E-state index in [1.165, 1.54) is 0 Å². The molecule has 5 heteroatoms. The molecule has 0 unspecified atom stereocenters. The van der Waals surface area contributed by atoms with Crippen molar-refractivity contribution in [1.29, 1.82) is 0 Å². The smallest absolute Gasteiger partial charge is 0.276 e. The van der Waals surface area contributed by atoms with Gasteiger partial charge in [-0.05, 0) is 6.07 Å². The highest BCUT2D eigenvalue weighted by atomic mass is 16.1. The van der Waals surface area contributed by atoms with Crippen molar-refractivity contribution in [1.82, 2.24) is 14.2 Å². The minimum Gasteiger partial charge on any atom is -0.329 e. The molecule has 5 nitrogen and oxygen atoms in total. The molecule has 0 radical (unpaired) electrons. The summed E-state index contributed by atoms with van der Waals surface area (Å²) in [5, 5.41) is 4.42. The molecule has 0 aliphatic rings. The summed E-state index contributed by atoms with van der Waals surface area (Å²) >= 11 is 0. The van der Waals surface area contributed by atoms with Crippen LogP contribution in [0.3, 0.4) is 0 Å². The molecule has 0 atom stereocenters. The van der Waals surface area contributed by atoms with E-state index in [4.69, 9.17) is 5.73 Å². The van der Waals surface area contributed by atoms with Gasteiger partial charge in [0.2, 0.25) is 0 Å². The zero-order valence-corrected chi connectivity index (χ0v) is 10.4. The van der Waals surface area contributed by atoms with Crippen LogP contribution in [-0.2, 0) is 6.54 Å². The van der Waals surface area contributed by atoms with Gasteiger partial charge in [-0.2, -0.15) is 5.10 Å². The summed E-state index contributed by atoms with van der Waals surface area (Å²) in [7, 11) is 0. The van der Waals surface area contributed by atoms with Gasteiger partial charge in [-0.1, -0.05) is 30.3 Å². The van der Waals surface area contributed by atoms with Crippen molar-refractivity contribution in [3.63, 3.8) is 0 Å². The summed E-state index contributed by atoms with van der Waals surface area (Å²) in [5.74, 6) is 0. The first-order valence-electron chi connectivity index (χ1n) is 6.14. The Morgan fingerprint density at radius 1 is 1.16 bits per heavy atom. The molecular formula is C14H14N4O. The first-order chi connectivity index (χ1) is 9.29. The van der Waals surface area contributed by atoms with Crippen molar-refractivity contribution in [3.05, 3.63) is 59.1 Å². The predicted molar refractivity (Wildman–Crippen MR) is 73.9 cm³/mol. The quantitative estimate of drug-likeness (QED) is 0.761. The minimum atomic E-state index is -0.0670. The summed E-state index contributed by atoms with van der Waals surface area (Å²) < 4.78 is 3.21. The van der Waals surface area contributed by atoms with Crippen LogP contribution in [0.1, 0.15) is 0 Å². The number of rotatable bonds is 3. The molecule has 1 aromatic carbocycles. The maximum Gasteiger partial charge on any atom is 0.276 e. The Morgan fingerprint density at radius 3 is 2.68 bits per heavy atom. The molecule has 0 aliphatic heterocycles. The fraction of sp³-hybridized carbons (Fsp3) is 0.143. The van der Waals surface area contributed by atoms with Gasteiger partial charge in [0.15, 0.2) is 0 Å². The maximum atomic E-state index is 12.2. The lowest BCUT2D eigenvalue weighted by atomic mass is 10.1. The fourth-order valence-corrected chi connectivity index (χ4v) is 2.09. The molecule has 96 valence electrons. The largest absolute Gasteiger partial charge is 0.329 e. The number of hydrogen-bond acceptors (Lipinski definition) is 3. The Labute approximate surface area is 109 Å². The predicted octanol–water partition coefficient (Wildman–Crippen LogP) is 1.12. The van der Waals surface area contributed by atoms with E-state index < -0.39 is 0 Å². The van der Waals surface area contributed by atoms with Crippen molar-refractivity contribution in [3.8, 4) is 11.3 Å². The molecule has 0 amide bonds. The first-order valence-corrected chi connectivity index (χ1v) is 6.14. The topological polar surface area (TPSA) is 65.3 Å². The van der Waals surface area contributed by atoms with Crippen molar-refractivity contribution < 1.29 is 0 Å². The Bertz CT molecular complexity index is 758. The zero-order chi connectivity index (χ0) is 13.2. The van der Waals surface area contributed by atoms with Gasteiger partial charge in [-0.15, -0.1) is 0 Å². The number of nitrogens with two attached hydrogens (primary N) is 1. The molecule has 0 fully saturated rings. The van der Waals surface area contributed by atoms with E-state index in [9.17, 15) is 4.79 Å². The van der Waals surface area contributed by atoms with Crippen molar-refractivity contribution in [2.24, 2.45) is 5.73 Å². The average molecular weight is 254 g/mol. The van der Waals surface area contributed by atoms with Gasteiger partial charge in [0, 0.05) is 31.0 Å². The van der Waals surface area contributed by atoms with E-state index in [0.717, 1.165) is 11.3 Å². The van der Waals surface area contributed by atoms with Crippen LogP contribution in [0.15, 0.2) is 53.6 Å². The van der Waals surface area contributed by atoms with Gasteiger partial charge in [-0.25, -0.2) is 4.52 Å². The molecule has 0 spiro atoms. The van der Waals surface area contributed by atoms with E-state index in [1.54, 1.807) is 21.5 Å². The third-order valence-electron chi connectivity index (χ3n) is 3.04. The normalized spacial score (nSPS) is 11.0. The van der Waals surface area contributed by atoms with Crippen LogP contribution < -0.4 is 11.3 Å². The number of benzene rings is 1. The molecule has 0 saturated heterocycles. The van der Waals surface area contributed by atoms with Crippen molar-refractivity contribution >= 4 is 5.52 Å². The standard InChI is InChI=1S/C14H14N4O/c15-6-7-17-8-9-18-13(14(17)19)10-12(16-18)11-4-2-1-3-5-11/h1-5,8-10H,6-7,15H2. The maximum absolute atomic E-state index is 12.2. The Balaban J connectivity index is 2.16. The number of nitrogens with zero attached hydrogens (tertiary/aromatic N) is 3. The third-order valence-corrected chi connectivity index (χ3v) is 3.04. The van der Waals surface area contributed by atoms with Crippen LogP contribution in [0.4, 0.5) is 0 Å². The van der Waals surface area contributed by atoms with Crippen LogP contribution in [0.2, 0.25) is 0 Å². The number of fused-ring (bicyclic) bond motifs is 1. The zero-order valence-electron chi connectivity index (χ0n) is 10.4. The minimum absolute atomic E-state index is 0.0670. The summed E-state index contributed by atoms with van der Waals surface area (Å²) in [5.41, 5.74) is 7.78. The second-order valence-corrected chi connectivity index (χ2v) is 4.31. The molecule has 3 rings (SSSR count). The molecule has 19 heavy (non-hydrogen) atoms. The third kappa shape index (κ3) is 2.04. The Morgan fingerprint density at radius 2 is 1.95 bits per heavy atom. The fourth-order valence-electron chi connectivity index (χ4n) is 2.09. The van der Waals surface area contributed by atoms with Crippen molar-refractivity contribution in [2.75, 3.05) is 6.54 Å². The highest BCUT2D eigenvalue weighted by Gasteiger charge is 2.08. The highest BCUT2D eigenvalue weighted by molar-refractivity contribution is 5.65. The molecule has 0 aliphatic carbocycles. The second kappa shape index (κ2) is 4.70. The van der Waals surface area contributed by atoms with Crippen LogP contribution >= 0.6 is 0 Å². The van der Waals surface area contributed by atoms with Gasteiger partial charge in [-0.3, -0.25) is 4.79 Å². The van der Waals surface area contributed by atoms with Crippen LogP contribution in [0.5, 0.6) is 0 Å². The van der Waals surface area contributed by atoms with Gasteiger partial charge in [0.1, 0.15) is 5.52 Å². The molecule has 0 bridgehead atoms. The van der Waals surface area contributed by atoms with Crippen LogP contribution in [0, 0.1) is 0 Å². The van der Waals surface area contributed by atoms with Crippen LogP contribution in [-0.4, -0.2) is 20.7 Å². The Hall–Kier alpha value is -2.40. The van der Waals surface area contributed by atoms with Gasteiger partial charge >= 0.3 is 0 Å². The molecule has 0 saturated carbocycles. The first kappa shape index (κ1) is 11.7. The highest BCUT2D eigenvalue weighted by Crippen LogP contribution is 2.17. The van der Waals surface area contributed by atoms with Gasteiger partial charge in [0.05, 0.1) is 5.69 Å². The molecule has 2 heterocycles. The second-order valence-electron chi connectivity index (χ2n) is 4.31. The molecule has 3 aromatic rings. The molecule has 2 aromatic heterocycles.